The maximum atomic E-state index is 11.6. The lowest BCUT2D eigenvalue weighted by molar-refractivity contribution is -0.150. The molecule has 0 fully saturated rings. The van der Waals surface area contributed by atoms with Crippen molar-refractivity contribution in [2.75, 3.05) is 13.2 Å². The number of hydrogen-bond donors (Lipinski definition) is 2. The Kier molecular flexibility index (Phi) is 6.59. The van der Waals surface area contributed by atoms with Gasteiger partial charge in [-0.3, -0.25) is 20.4 Å². The number of carbonyl (C=O) groups is 3. The van der Waals surface area contributed by atoms with Gasteiger partial charge in [-0.1, -0.05) is 17.7 Å². The minimum absolute atomic E-state index is 0.351. The van der Waals surface area contributed by atoms with Gasteiger partial charge in [0.2, 0.25) is 0 Å². The zero-order valence-corrected chi connectivity index (χ0v) is 13.9. The van der Waals surface area contributed by atoms with Crippen molar-refractivity contribution in [2.24, 2.45) is 0 Å². The van der Waals surface area contributed by atoms with Gasteiger partial charge >= 0.3 is 5.97 Å². The number of thiophene rings is 1. The maximum absolute atomic E-state index is 11.6. The lowest BCUT2D eigenvalue weighted by atomic mass is 10.3. The van der Waals surface area contributed by atoms with Crippen LogP contribution in [-0.4, -0.2) is 31.0 Å². The van der Waals surface area contributed by atoms with Crippen molar-refractivity contribution < 1.29 is 23.9 Å². The predicted molar refractivity (Wildman–Crippen MR) is 87.8 cm³/mol. The summed E-state index contributed by atoms with van der Waals surface area (Å²) in [6, 6.07) is 9.76. The molecule has 0 spiro atoms. The van der Waals surface area contributed by atoms with Crippen molar-refractivity contribution in [3.05, 3.63) is 51.7 Å². The number of rotatable bonds is 6. The Hall–Kier alpha value is -2.58. The third-order valence-corrected chi connectivity index (χ3v) is 3.72. The van der Waals surface area contributed by atoms with Crippen molar-refractivity contribution in [1.29, 1.82) is 0 Å². The largest absolute Gasteiger partial charge is 0.482 e. The zero-order chi connectivity index (χ0) is 17.4. The molecule has 0 aliphatic heterocycles. The summed E-state index contributed by atoms with van der Waals surface area (Å²) in [4.78, 5) is 35.0. The Morgan fingerprint density at radius 2 is 1.79 bits per heavy atom. The number of halogens is 1. The van der Waals surface area contributed by atoms with Crippen LogP contribution in [0.4, 0.5) is 0 Å². The van der Waals surface area contributed by atoms with Crippen LogP contribution >= 0.6 is 22.9 Å². The van der Waals surface area contributed by atoms with Crippen LogP contribution in [0.15, 0.2) is 41.8 Å². The fraction of sp³-hybridized carbons (Fsp3) is 0.133. The lowest BCUT2D eigenvalue weighted by Crippen LogP contribution is -2.43. The van der Waals surface area contributed by atoms with E-state index in [2.05, 4.69) is 10.9 Å². The normalized spacial score (nSPS) is 9.88. The SMILES string of the molecule is O=C(COC(=O)COc1ccc(Cl)cc1)NNC(=O)c1cccs1. The van der Waals surface area contributed by atoms with Crippen LogP contribution in [-0.2, 0) is 14.3 Å². The minimum atomic E-state index is -0.718. The standard InChI is InChI=1S/C15H13ClN2O5S/c16-10-3-5-11(6-4-10)22-9-14(20)23-8-13(19)17-18-15(21)12-2-1-7-24-12/h1-7H,8-9H2,(H,17,19)(H,18,21). The summed E-state index contributed by atoms with van der Waals surface area (Å²) in [6.45, 7) is -0.885. The summed E-state index contributed by atoms with van der Waals surface area (Å²) >= 11 is 6.96. The molecule has 2 aromatic rings. The van der Waals surface area contributed by atoms with E-state index in [1.54, 1.807) is 41.8 Å². The summed E-state index contributed by atoms with van der Waals surface area (Å²) in [5.41, 5.74) is 4.35. The summed E-state index contributed by atoms with van der Waals surface area (Å²) in [7, 11) is 0. The Balaban J connectivity index is 1.63. The molecule has 1 heterocycles. The van der Waals surface area contributed by atoms with Crippen molar-refractivity contribution in [3.8, 4) is 5.75 Å². The van der Waals surface area contributed by atoms with Crippen LogP contribution in [0.1, 0.15) is 9.67 Å². The Bertz CT molecular complexity index is 703. The Labute approximate surface area is 146 Å². The van der Waals surface area contributed by atoms with E-state index < -0.39 is 24.4 Å². The van der Waals surface area contributed by atoms with E-state index in [0.29, 0.717) is 15.6 Å². The van der Waals surface area contributed by atoms with Crippen molar-refractivity contribution in [1.82, 2.24) is 10.9 Å². The molecule has 24 heavy (non-hydrogen) atoms. The molecular formula is C15H13ClN2O5S. The average molecular weight is 369 g/mol. The first-order valence-electron chi connectivity index (χ1n) is 6.71. The Morgan fingerprint density at radius 1 is 1.04 bits per heavy atom. The number of hydrazine groups is 1. The summed E-state index contributed by atoms with van der Waals surface area (Å²) in [6.07, 6.45) is 0. The van der Waals surface area contributed by atoms with Gasteiger partial charge in [0.25, 0.3) is 11.8 Å². The molecule has 126 valence electrons. The monoisotopic (exact) mass is 368 g/mol. The summed E-state index contributed by atoms with van der Waals surface area (Å²) in [5.74, 6) is -1.39. The van der Waals surface area contributed by atoms with Gasteiger partial charge in [-0.2, -0.15) is 0 Å². The van der Waals surface area contributed by atoms with Crippen molar-refractivity contribution in [3.63, 3.8) is 0 Å². The van der Waals surface area contributed by atoms with E-state index in [9.17, 15) is 14.4 Å². The highest BCUT2D eigenvalue weighted by Crippen LogP contribution is 2.15. The number of carbonyl (C=O) groups excluding carboxylic acids is 3. The highest BCUT2D eigenvalue weighted by Gasteiger charge is 2.11. The Morgan fingerprint density at radius 3 is 2.46 bits per heavy atom. The molecule has 2 amide bonds. The lowest BCUT2D eigenvalue weighted by Gasteiger charge is -2.08. The fourth-order valence-corrected chi connectivity index (χ4v) is 2.24. The smallest absolute Gasteiger partial charge is 0.344 e. The molecule has 0 bridgehead atoms. The van der Waals surface area contributed by atoms with Crippen molar-refractivity contribution in [2.45, 2.75) is 0 Å². The van der Waals surface area contributed by atoms with Crippen molar-refractivity contribution >= 4 is 40.7 Å². The van der Waals surface area contributed by atoms with E-state index in [-0.39, 0.29) is 6.61 Å². The fourth-order valence-electron chi connectivity index (χ4n) is 1.49. The molecule has 1 aromatic heterocycles. The average Bonchev–Trinajstić information content (AvgIpc) is 3.12. The van der Waals surface area contributed by atoms with E-state index >= 15 is 0 Å². The van der Waals surface area contributed by atoms with Gasteiger partial charge in [0, 0.05) is 5.02 Å². The number of esters is 1. The van der Waals surface area contributed by atoms with Crippen LogP contribution in [0.5, 0.6) is 5.75 Å². The third kappa shape index (κ3) is 5.90. The number of amides is 2. The molecule has 1 aromatic carbocycles. The second kappa shape index (κ2) is 8.90. The number of ether oxygens (including phenoxy) is 2. The molecule has 0 aliphatic rings. The minimum Gasteiger partial charge on any atom is -0.482 e. The molecule has 2 N–H and O–H groups in total. The first kappa shape index (κ1) is 17.8. The molecule has 0 atom stereocenters. The van der Waals surface area contributed by atoms with Gasteiger partial charge < -0.3 is 9.47 Å². The second-order valence-electron chi connectivity index (χ2n) is 4.38. The molecular weight excluding hydrogens is 356 g/mol. The van der Waals surface area contributed by atoms with Gasteiger partial charge in [0.1, 0.15) is 5.75 Å². The quantitative estimate of drug-likeness (QED) is 0.599. The van der Waals surface area contributed by atoms with Gasteiger partial charge in [0.05, 0.1) is 4.88 Å². The topological polar surface area (TPSA) is 93.7 Å². The molecule has 0 aliphatic carbocycles. The van der Waals surface area contributed by atoms with Crippen LogP contribution in [0.25, 0.3) is 0 Å². The van der Waals surface area contributed by atoms with E-state index in [0.717, 1.165) is 0 Å². The van der Waals surface area contributed by atoms with E-state index in [4.69, 9.17) is 21.1 Å². The number of nitrogens with one attached hydrogen (secondary N) is 2. The number of hydrogen-bond acceptors (Lipinski definition) is 6. The highest BCUT2D eigenvalue weighted by molar-refractivity contribution is 7.12. The van der Waals surface area contributed by atoms with Crippen LogP contribution in [0, 0.1) is 0 Å². The zero-order valence-electron chi connectivity index (χ0n) is 12.3. The summed E-state index contributed by atoms with van der Waals surface area (Å²) < 4.78 is 9.89. The molecule has 2 rings (SSSR count). The first-order valence-corrected chi connectivity index (χ1v) is 7.97. The van der Waals surface area contributed by atoms with Crippen LogP contribution in [0.2, 0.25) is 5.02 Å². The molecule has 0 saturated carbocycles. The number of benzene rings is 1. The van der Waals surface area contributed by atoms with E-state index in [1.807, 2.05) is 0 Å². The van der Waals surface area contributed by atoms with Gasteiger partial charge in [-0.25, -0.2) is 4.79 Å². The summed E-state index contributed by atoms with van der Waals surface area (Å²) in [5, 5.41) is 2.28. The maximum Gasteiger partial charge on any atom is 0.344 e. The molecule has 9 heteroatoms. The van der Waals surface area contributed by atoms with Crippen LogP contribution in [0.3, 0.4) is 0 Å². The third-order valence-electron chi connectivity index (χ3n) is 2.59. The molecule has 0 radical (unpaired) electrons. The van der Waals surface area contributed by atoms with Gasteiger partial charge in [-0.05, 0) is 35.7 Å². The highest BCUT2D eigenvalue weighted by atomic mass is 35.5. The van der Waals surface area contributed by atoms with Crippen LogP contribution < -0.4 is 15.6 Å². The second-order valence-corrected chi connectivity index (χ2v) is 5.77. The van der Waals surface area contributed by atoms with Gasteiger partial charge in [0.15, 0.2) is 13.2 Å². The van der Waals surface area contributed by atoms with Gasteiger partial charge in [-0.15, -0.1) is 11.3 Å². The molecule has 7 nitrogen and oxygen atoms in total. The molecule has 0 saturated heterocycles. The molecule has 0 unspecified atom stereocenters. The van der Waals surface area contributed by atoms with E-state index in [1.165, 1.54) is 11.3 Å². The first-order chi connectivity index (χ1) is 11.5. The predicted octanol–water partition coefficient (Wildman–Crippen LogP) is 1.78.